The first-order valence-corrected chi connectivity index (χ1v) is 16.2. The van der Waals surface area contributed by atoms with Gasteiger partial charge < -0.3 is 10.1 Å². The van der Waals surface area contributed by atoms with Crippen molar-refractivity contribution >= 4 is 37.0 Å². The van der Waals surface area contributed by atoms with E-state index >= 15 is 0 Å². The predicted molar refractivity (Wildman–Crippen MR) is 153 cm³/mol. The van der Waals surface area contributed by atoms with Crippen LogP contribution in [0.2, 0.25) is 0 Å². The Kier molecular flexibility index (Phi) is 6.45. The molecule has 0 aromatic carbocycles. The van der Waals surface area contributed by atoms with Crippen LogP contribution in [-0.4, -0.2) is 75.3 Å². The van der Waals surface area contributed by atoms with Gasteiger partial charge in [0, 0.05) is 41.2 Å². The fraction of sp³-hybridized carbons (Fsp3) is 0.571. The van der Waals surface area contributed by atoms with Crippen molar-refractivity contribution in [2.75, 3.05) is 31.2 Å². The number of aromatic amines is 1. The van der Waals surface area contributed by atoms with E-state index < -0.39 is 9.84 Å². The Morgan fingerprint density at radius 1 is 1.16 bits per heavy atom. The van der Waals surface area contributed by atoms with Gasteiger partial charge in [-0.25, -0.2) is 17.9 Å². The number of nitrogens with one attached hydrogen (secondary N) is 1. The Labute approximate surface area is 228 Å². The van der Waals surface area contributed by atoms with E-state index in [2.05, 4.69) is 60.8 Å². The summed E-state index contributed by atoms with van der Waals surface area (Å²) in [6.07, 6.45) is 5.96. The Bertz CT molecular complexity index is 1630. The van der Waals surface area contributed by atoms with E-state index in [-0.39, 0.29) is 18.1 Å². The van der Waals surface area contributed by atoms with Gasteiger partial charge in [0.05, 0.1) is 23.8 Å². The van der Waals surface area contributed by atoms with E-state index in [1.54, 1.807) is 6.33 Å². The summed E-state index contributed by atoms with van der Waals surface area (Å²) < 4.78 is 26.1. The van der Waals surface area contributed by atoms with Crippen molar-refractivity contribution in [2.45, 2.75) is 65.3 Å². The molecule has 2 fully saturated rings. The average molecular weight is 556 g/mol. The van der Waals surface area contributed by atoms with Crippen LogP contribution in [0.3, 0.4) is 0 Å². The largest absolute Gasteiger partial charge is 0.395 e. The van der Waals surface area contributed by atoms with E-state index in [0.717, 1.165) is 30.6 Å². The molecule has 1 aliphatic carbocycles. The van der Waals surface area contributed by atoms with Gasteiger partial charge in [-0.15, -0.1) is 11.3 Å². The lowest BCUT2D eigenvalue weighted by Crippen LogP contribution is -2.38. The molecule has 1 aliphatic heterocycles. The minimum Gasteiger partial charge on any atom is -0.395 e. The highest BCUT2D eigenvalue weighted by Gasteiger charge is 2.46. The van der Waals surface area contributed by atoms with E-state index in [9.17, 15) is 8.42 Å². The number of fused-ring (bicyclic) bond motifs is 4. The van der Waals surface area contributed by atoms with Crippen molar-refractivity contribution in [3.05, 3.63) is 39.7 Å². The highest BCUT2D eigenvalue weighted by atomic mass is 32.2. The number of likely N-dealkylation sites (tertiary alicyclic amines) is 1. The smallest absolute Gasteiger partial charge is 0.158 e. The molecule has 5 heterocycles. The summed E-state index contributed by atoms with van der Waals surface area (Å²) in [5, 5.41) is 14.8. The summed E-state index contributed by atoms with van der Waals surface area (Å²) >= 11 is 1.92. The molecule has 38 heavy (non-hydrogen) atoms. The van der Waals surface area contributed by atoms with Crippen molar-refractivity contribution < 1.29 is 13.5 Å². The maximum Gasteiger partial charge on any atom is 0.158 e. The number of hydrogen-bond donors (Lipinski definition) is 2. The number of pyridine rings is 1. The topological polar surface area (TPSA) is 104 Å². The van der Waals surface area contributed by atoms with Gasteiger partial charge >= 0.3 is 0 Å². The van der Waals surface area contributed by atoms with Gasteiger partial charge in [0.2, 0.25) is 0 Å². The van der Waals surface area contributed by atoms with E-state index in [1.807, 2.05) is 15.9 Å². The predicted octanol–water partition coefficient (Wildman–Crippen LogP) is 4.57. The van der Waals surface area contributed by atoms with Crippen molar-refractivity contribution in [1.29, 1.82) is 0 Å². The first kappa shape index (κ1) is 26.0. The lowest BCUT2D eigenvalue weighted by Gasteiger charge is -2.31. The molecule has 6 rings (SSSR count). The van der Waals surface area contributed by atoms with Crippen LogP contribution in [0, 0.1) is 26.7 Å². The van der Waals surface area contributed by atoms with Gasteiger partial charge in [-0.1, -0.05) is 13.8 Å². The number of piperidine rings is 1. The molecule has 204 valence electrons. The van der Waals surface area contributed by atoms with E-state index in [1.165, 1.54) is 43.0 Å². The Hall–Kier alpha value is -2.27. The number of sulfone groups is 1. The molecule has 8 nitrogen and oxygen atoms in total. The van der Waals surface area contributed by atoms with E-state index in [4.69, 9.17) is 5.11 Å². The molecule has 2 aliphatic rings. The normalized spacial score (nSPS) is 22.1. The SMILES string of the molecule is Cc1c(-c2[nH]c3sc([C@@H]4CC5CC4CN5CCS(=O)(=O)CCO)c(C)c3c2C(C)C)cn2ncnc2c1C. The molecule has 1 saturated carbocycles. The summed E-state index contributed by atoms with van der Waals surface area (Å²) in [4.78, 5) is 13.4. The third kappa shape index (κ3) is 4.11. The van der Waals surface area contributed by atoms with Crippen LogP contribution in [-0.2, 0) is 9.84 Å². The number of thiophene rings is 1. The number of rotatable bonds is 8. The summed E-state index contributed by atoms with van der Waals surface area (Å²) in [5.74, 6) is 1.48. The Morgan fingerprint density at radius 2 is 1.95 bits per heavy atom. The fourth-order valence-electron chi connectivity index (χ4n) is 6.98. The Balaban J connectivity index is 1.31. The third-order valence-corrected chi connectivity index (χ3v) is 12.0. The van der Waals surface area contributed by atoms with E-state index in [0.29, 0.717) is 30.3 Å². The standard InChI is InChI=1S/C28H37N5O3S2/c1-15(2)23-24-18(5)26(21-11-20-10-19(21)12-32(20)6-8-38(35,36)9-7-34)37-28(24)31-25(23)22-13-33-27(29-14-30-33)17(4)16(22)3/h13-15,19-21,31,34H,6-12H2,1-5H3/t19?,20?,21-/m1/s1. The number of aryl methyl sites for hydroxylation is 2. The minimum absolute atomic E-state index is 0.135. The lowest BCUT2D eigenvalue weighted by atomic mass is 9.88. The molecule has 0 spiro atoms. The Morgan fingerprint density at radius 3 is 2.63 bits per heavy atom. The van der Waals surface area contributed by atoms with Crippen molar-refractivity contribution in [1.82, 2.24) is 24.5 Å². The van der Waals surface area contributed by atoms with Crippen LogP contribution >= 0.6 is 11.3 Å². The molecular formula is C28H37N5O3S2. The van der Waals surface area contributed by atoms with Crippen LogP contribution in [0.1, 0.15) is 65.7 Å². The molecule has 0 radical (unpaired) electrons. The van der Waals surface area contributed by atoms with Crippen LogP contribution in [0.15, 0.2) is 12.5 Å². The number of aromatic nitrogens is 4. The molecule has 0 amide bonds. The monoisotopic (exact) mass is 555 g/mol. The second kappa shape index (κ2) is 9.43. The fourth-order valence-corrected chi connectivity index (χ4v) is 9.41. The van der Waals surface area contributed by atoms with Gasteiger partial charge in [0.1, 0.15) is 11.2 Å². The lowest BCUT2D eigenvalue weighted by molar-refractivity contribution is 0.211. The second-order valence-electron chi connectivity index (χ2n) is 11.5. The minimum atomic E-state index is -3.18. The maximum atomic E-state index is 12.1. The molecule has 2 N–H and O–H groups in total. The summed E-state index contributed by atoms with van der Waals surface area (Å²) in [7, 11) is -3.18. The third-order valence-electron chi connectivity index (χ3n) is 9.02. The van der Waals surface area contributed by atoms with Crippen molar-refractivity contribution in [2.24, 2.45) is 5.92 Å². The van der Waals surface area contributed by atoms with Crippen LogP contribution in [0.5, 0.6) is 0 Å². The zero-order valence-corrected chi connectivity index (χ0v) is 24.4. The molecule has 10 heteroatoms. The molecule has 4 aromatic rings. The number of H-pyrrole nitrogens is 1. The number of aliphatic hydroxyl groups excluding tert-OH is 1. The van der Waals surface area contributed by atoms with Crippen LogP contribution in [0.25, 0.3) is 27.1 Å². The number of aliphatic hydroxyl groups is 1. The molecule has 1 saturated heterocycles. The zero-order valence-electron chi connectivity index (χ0n) is 22.8. The molecular weight excluding hydrogens is 518 g/mol. The maximum absolute atomic E-state index is 12.1. The van der Waals surface area contributed by atoms with Gasteiger partial charge in [0.15, 0.2) is 15.5 Å². The van der Waals surface area contributed by atoms with Gasteiger partial charge in [-0.05, 0) is 73.6 Å². The van der Waals surface area contributed by atoms with Crippen LogP contribution < -0.4 is 0 Å². The first-order chi connectivity index (χ1) is 18.1. The highest BCUT2D eigenvalue weighted by molar-refractivity contribution is 7.91. The van der Waals surface area contributed by atoms with Gasteiger partial charge in [-0.3, -0.25) is 4.90 Å². The summed E-state index contributed by atoms with van der Waals surface area (Å²) in [6, 6.07) is 0.453. The zero-order chi connectivity index (χ0) is 26.9. The molecule has 3 atom stereocenters. The molecule has 2 bridgehead atoms. The summed E-state index contributed by atoms with van der Waals surface area (Å²) in [5.41, 5.74) is 8.44. The average Bonchev–Trinajstić information content (AvgIpc) is 3.67. The molecule has 2 unspecified atom stereocenters. The van der Waals surface area contributed by atoms with Crippen molar-refractivity contribution in [3.8, 4) is 11.3 Å². The molecule has 4 aromatic heterocycles. The van der Waals surface area contributed by atoms with Gasteiger partial charge in [-0.2, -0.15) is 5.10 Å². The van der Waals surface area contributed by atoms with Crippen LogP contribution in [0.4, 0.5) is 0 Å². The van der Waals surface area contributed by atoms with Crippen molar-refractivity contribution in [3.63, 3.8) is 0 Å². The first-order valence-electron chi connectivity index (χ1n) is 13.6. The quantitative estimate of drug-likeness (QED) is 0.330. The highest BCUT2D eigenvalue weighted by Crippen LogP contribution is 2.53. The second-order valence-corrected chi connectivity index (χ2v) is 14.9. The number of hydrogen-bond acceptors (Lipinski definition) is 7. The summed E-state index contributed by atoms with van der Waals surface area (Å²) in [6.45, 7) is 12.4. The van der Waals surface area contributed by atoms with Gasteiger partial charge in [0.25, 0.3) is 0 Å². The number of nitrogens with zero attached hydrogens (tertiary/aromatic N) is 4.